The van der Waals surface area contributed by atoms with E-state index in [1.807, 2.05) is 61.5 Å². The number of nitrogens with one attached hydrogen (secondary N) is 1. The smallest absolute Gasteiger partial charge is 0.255 e. The van der Waals surface area contributed by atoms with Crippen LogP contribution in [-0.2, 0) is 0 Å². The standard InChI is InChI=1S/C25H26N4O3/c1-3-5-16-32-22-11-6-18(7-12-22)25(30)26-19-8-15-23-24(17-19)28-29(27-23)20-9-13-21(14-10-20)31-4-2/h6-15,17H,3-5,16H2,1-2H3,(H,26,30). The van der Waals surface area contributed by atoms with Crippen LogP contribution in [-0.4, -0.2) is 34.1 Å². The predicted octanol–water partition coefficient (Wildman–Crippen LogP) is 5.25. The number of hydrogen-bond donors (Lipinski definition) is 1. The van der Waals surface area contributed by atoms with Gasteiger partial charge in [-0.15, -0.1) is 10.2 Å². The molecular formula is C25H26N4O3. The third kappa shape index (κ3) is 5.06. The van der Waals surface area contributed by atoms with Crippen LogP contribution >= 0.6 is 0 Å². The molecule has 0 fully saturated rings. The molecule has 0 aliphatic rings. The van der Waals surface area contributed by atoms with Crippen LogP contribution in [0.15, 0.2) is 66.7 Å². The Morgan fingerprint density at radius 1 is 0.875 bits per heavy atom. The van der Waals surface area contributed by atoms with Crippen molar-refractivity contribution in [1.82, 2.24) is 15.0 Å². The summed E-state index contributed by atoms with van der Waals surface area (Å²) in [6.45, 7) is 5.37. The Balaban J connectivity index is 1.45. The molecule has 4 rings (SSSR count). The molecule has 3 aromatic carbocycles. The summed E-state index contributed by atoms with van der Waals surface area (Å²) >= 11 is 0. The quantitative estimate of drug-likeness (QED) is 0.367. The van der Waals surface area contributed by atoms with E-state index in [9.17, 15) is 4.79 Å². The molecular weight excluding hydrogens is 404 g/mol. The van der Waals surface area contributed by atoms with Gasteiger partial charge in [0.15, 0.2) is 0 Å². The fraction of sp³-hybridized carbons (Fsp3) is 0.240. The van der Waals surface area contributed by atoms with Gasteiger partial charge in [-0.2, -0.15) is 4.80 Å². The summed E-state index contributed by atoms with van der Waals surface area (Å²) in [5, 5.41) is 12.0. The van der Waals surface area contributed by atoms with E-state index in [4.69, 9.17) is 9.47 Å². The van der Waals surface area contributed by atoms with E-state index < -0.39 is 0 Å². The van der Waals surface area contributed by atoms with Crippen molar-refractivity contribution >= 4 is 22.6 Å². The molecule has 1 heterocycles. The zero-order chi connectivity index (χ0) is 22.3. The van der Waals surface area contributed by atoms with E-state index in [0.717, 1.165) is 35.5 Å². The second kappa shape index (κ2) is 9.96. The van der Waals surface area contributed by atoms with Crippen LogP contribution in [0.25, 0.3) is 16.7 Å². The van der Waals surface area contributed by atoms with Crippen molar-refractivity contribution in [2.24, 2.45) is 0 Å². The lowest BCUT2D eigenvalue weighted by molar-refractivity contribution is 0.102. The lowest BCUT2D eigenvalue weighted by Crippen LogP contribution is -2.11. The average Bonchev–Trinajstić information content (AvgIpc) is 3.24. The van der Waals surface area contributed by atoms with Crippen molar-refractivity contribution in [2.75, 3.05) is 18.5 Å². The van der Waals surface area contributed by atoms with Gasteiger partial charge in [0.05, 0.1) is 18.9 Å². The Labute approximate surface area is 187 Å². The first-order valence-corrected chi connectivity index (χ1v) is 10.8. The molecule has 32 heavy (non-hydrogen) atoms. The predicted molar refractivity (Wildman–Crippen MR) is 125 cm³/mol. The monoisotopic (exact) mass is 430 g/mol. The largest absolute Gasteiger partial charge is 0.494 e. The van der Waals surface area contributed by atoms with Gasteiger partial charge in [0.1, 0.15) is 22.5 Å². The van der Waals surface area contributed by atoms with Crippen molar-refractivity contribution in [1.29, 1.82) is 0 Å². The minimum Gasteiger partial charge on any atom is -0.494 e. The first-order valence-electron chi connectivity index (χ1n) is 10.8. The number of amides is 1. The maximum Gasteiger partial charge on any atom is 0.255 e. The topological polar surface area (TPSA) is 78.3 Å². The number of hydrogen-bond acceptors (Lipinski definition) is 5. The van der Waals surface area contributed by atoms with Gasteiger partial charge in [0, 0.05) is 11.3 Å². The van der Waals surface area contributed by atoms with Gasteiger partial charge in [0.2, 0.25) is 0 Å². The molecule has 164 valence electrons. The number of aromatic nitrogens is 3. The number of carbonyl (C=O) groups excluding carboxylic acids is 1. The highest BCUT2D eigenvalue weighted by molar-refractivity contribution is 6.05. The number of benzene rings is 3. The third-order valence-corrected chi connectivity index (χ3v) is 4.90. The van der Waals surface area contributed by atoms with E-state index in [1.165, 1.54) is 0 Å². The number of fused-ring (bicyclic) bond motifs is 1. The van der Waals surface area contributed by atoms with Crippen LogP contribution in [0.1, 0.15) is 37.0 Å². The SMILES string of the molecule is CCCCOc1ccc(C(=O)Nc2ccc3nn(-c4ccc(OCC)cc4)nc3c2)cc1. The van der Waals surface area contributed by atoms with Gasteiger partial charge in [-0.1, -0.05) is 13.3 Å². The zero-order valence-corrected chi connectivity index (χ0v) is 18.2. The molecule has 0 aliphatic carbocycles. The Kier molecular flexibility index (Phi) is 6.65. The van der Waals surface area contributed by atoms with Gasteiger partial charge in [0.25, 0.3) is 5.91 Å². The molecule has 7 heteroatoms. The maximum atomic E-state index is 12.6. The summed E-state index contributed by atoms with van der Waals surface area (Å²) in [5.74, 6) is 1.38. The number of rotatable bonds is 9. The molecule has 0 spiro atoms. The molecule has 1 amide bonds. The first-order chi connectivity index (χ1) is 15.7. The van der Waals surface area contributed by atoms with E-state index >= 15 is 0 Å². The highest BCUT2D eigenvalue weighted by Crippen LogP contribution is 2.20. The van der Waals surface area contributed by atoms with E-state index in [0.29, 0.717) is 30.0 Å². The van der Waals surface area contributed by atoms with Crippen LogP contribution < -0.4 is 14.8 Å². The lowest BCUT2D eigenvalue weighted by Gasteiger charge is -2.07. The van der Waals surface area contributed by atoms with Crippen molar-refractivity contribution in [2.45, 2.75) is 26.7 Å². The second-order valence-electron chi connectivity index (χ2n) is 7.30. The van der Waals surface area contributed by atoms with Gasteiger partial charge >= 0.3 is 0 Å². The van der Waals surface area contributed by atoms with Crippen LogP contribution in [0.2, 0.25) is 0 Å². The van der Waals surface area contributed by atoms with E-state index in [1.54, 1.807) is 16.9 Å². The summed E-state index contributed by atoms with van der Waals surface area (Å²) in [5.41, 5.74) is 3.48. The van der Waals surface area contributed by atoms with Crippen molar-refractivity contribution < 1.29 is 14.3 Å². The number of carbonyl (C=O) groups is 1. The average molecular weight is 431 g/mol. The molecule has 0 bridgehead atoms. The molecule has 1 N–H and O–H groups in total. The molecule has 0 saturated heterocycles. The van der Waals surface area contributed by atoms with Gasteiger partial charge in [-0.25, -0.2) is 0 Å². The lowest BCUT2D eigenvalue weighted by atomic mass is 10.2. The minimum absolute atomic E-state index is 0.191. The van der Waals surface area contributed by atoms with E-state index in [2.05, 4.69) is 22.4 Å². The van der Waals surface area contributed by atoms with Crippen molar-refractivity contribution in [3.05, 3.63) is 72.3 Å². The number of nitrogens with zero attached hydrogens (tertiary/aromatic N) is 3. The maximum absolute atomic E-state index is 12.6. The fourth-order valence-electron chi connectivity index (χ4n) is 3.19. The summed E-state index contributed by atoms with van der Waals surface area (Å²) in [6.07, 6.45) is 2.09. The Bertz CT molecular complexity index is 1180. The van der Waals surface area contributed by atoms with Crippen molar-refractivity contribution in [3.8, 4) is 17.2 Å². The zero-order valence-electron chi connectivity index (χ0n) is 18.2. The van der Waals surface area contributed by atoms with Crippen LogP contribution in [0.4, 0.5) is 5.69 Å². The number of unbranched alkanes of at least 4 members (excludes halogenated alkanes) is 1. The van der Waals surface area contributed by atoms with Crippen molar-refractivity contribution in [3.63, 3.8) is 0 Å². The van der Waals surface area contributed by atoms with E-state index in [-0.39, 0.29) is 5.91 Å². The third-order valence-electron chi connectivity index (χ3n) is 4.90. The Morgan fingerprint density at radius 2 is 1.56 bits per heavy atom. The Morgan fingerprint density at radius 3 is 2.28 bits per heavy atom. The van der Waals surface area contributed by atoms with Gasteiger partial charge < -0.3 is 14.8 Å². The highest BCUT2D eigenvalue weighted by Gasteiger charge is 2.10. The molecule has 4 aromatic rings. The first kappa shape index (κ1) is 21.4. The number of anilines is 1. The van der Waals surface area contributed by atoms with Crippen LogP contribution in [0.3, 0.4) is 0 Å². The van der Waals surface area contributed by atoms with Crippen LogP contribution in [0, 0.1) is 0 Å². The molecule has 0 aliphatic heterocycles. The normalized spacial score (nSPS) is 10.8. The molecule has 0 radical (unpaired) electrons. The fourth-order valence-corrected chi connectivity index (χ4v) is 3.19. The summed E-state index contributed by atoms with van der Waals surface area (Å²) in [4.78, 5) is 14.2. The Hall–Kier alpha value is -3.87. The minimum atomic E-state index is -0.191. The summed E-state index contributed by atoms with van der Waals surface area (Å²) in [7, 11) is 0. The van der Waals surface area contributed by atoms with Gasteiger partial charge in [-0.3, -0.25) is 4.79 Å². The number of ether oxygens (including phenoxy) is 2. The molecule has 7 nitrogen and oxygen atoms in total. The molecule has 0 unspecified atom stereocenters. The van der Waals surface area contributed by atoms with Gasteiger partial charge in [-0.05, 0) is 80.1 Å². The molecule has 0 saturated carbocycles. The van der Waals surface area contributed by atoms with Crippen LogP contribution in [0.5, 0.6) is 11.5 Å². The molecule has 1 aromatic heterocycles. The summed E-state index contributed by atoms with van der Waals surface area (Å²) in [6, 6.07) is 20.2. The highest BCUT2D eigenvalue weighted by atomic mass is 16.5. The second-order valence-corrected chi connectivity index (χ2v) is 7.30. The summed E-state index contributed by atoms with van der Waals surface area (Å²) < 4.78 is 11.1. The molecule has 0 atom stereocenters.